The maximum atomic E-state index is 9.91. The molecule has 0 amide bonds. The smallest absolute Gasteiger partial charge is 0.196 e. The number of aliphatic hydroxyl groups is 3. The second-order valence-corrected chi connectivity index (χ2v) is 22.0. The average molecular weight is 791 g/mol. The Bertz CT molecular complexity index is 1480. The number of nitrogens with two attached hydrogens (primary N) is 2. The van der Waals surface area contributed by atoms with Gasteiger partial charge >= 0.3 is 0 Å². The third-order valence-electron chi connectivity index (χ3n) is 9.03. The van der Waals surface area contributed by atoms with Gasteiger partial charge in [0.2, 0.25) is 0 Å². The van der Waals surface area contributed by atoms with Crippen molar-refractivity contribution >= 4 is 71.4 Å². The van der Waals surface area contributed by atoms with Crippen molar-refractivity contribution in [3.05, 3.63) is 36.3 Å². The summed E-state index contributed by atoms with van der Waals surface area (Å²) in [7, 11) is -1.39. The van der Waals surface area contributed by atoms with E-state index in [1.165, 1.54) is 0 Å². The predicted octanol–water partition coefficient (Wildman–Crippen LogP) is 4.63. The summed E-state index contributed by atoms with van der Waals surface area (Å²) in [5.74, 6) is 1.73. The van der Waals surface area contributed by atoms with Gasteiger partial charge < -0.3 is 46.9 Å². The second-order valence-electron chi connectivity index (χ2n) is 13.9. The lowest BCUT2D eigenvalue weighted by Gasteiger charge is -2.29. The zero-order chi connectivity index (χ0) is 37.7. The fourth-order valence-electron chi connectivity index (χ4n) is 5.08. The van der Waals surface area contributed by atoms with Crippen molar-refractivity contribution in [1.82, 2.24) is 19.1 Å². The molecule has 2 saturated heterocycles. The second kappa shape index (κ2) is 17.4. The van der Waals surface area contributed by atoms with Gasteiger partial charge in [-0.15, -0.1) is 0 Å². The minimum atomic E-state index is -1.39. The highest BCUT2D eigenvalue weighted by molar-refractivity contribution is 7.20. The third kappa shape index (κ3) is 10.2. The van der Waals surface area contributed by atoms with E-state index in [1.807, 2.05) is 23.8 Å². The standard InChI is InChI=1S/C11H16ClN5O2.C10H14ClN5O3.C6H15ClSi.C4H5N/c1-2-6-5(18)3-7(19-6)17-4-14-8-9(12)15-11(13)16-10(8)17;11-8-7-9(15-10(12)14-8)16(3-13-7)6-1-4(18)5(2-17)19-6;1-6(2,3)8(4,5)7;1-2-4-5-3-1/h4-7,9,18H,2-3H2,1H3,(H3,13,15,16);3-6,8,17-18H,1-2H2,(H3,12,14,15);1-5H3;1,3-4H,2H2. The number of imidazole rings is 2. The Labute approximate surface area is 313 Å². The van der Waals surface area contributed by atoms with Crippen LogP contribution in [0.2, 0.25) is 18.1 Å². The SMILES string of the molecule is C1=CN=CC1.CC(C)(C)[Si](C)(C)Cl.CCC1OC(n2cnc3c2NC(N)=NC3Cl)CC1O.NC1=NC(Cl)c2ncn(C3CC(O)C(CO)O3)c2N1. The molecule has 8 atom stereocenters. The number of nitrogens with one attached hydrogen (secondary N) is 2. The van der Waals surface area contributed by atoms with Crippen LogP contribution in [0.1, 0.15) is 88.2 Å². The molecule has 0 aromatic carbocycles. The summed E-state index contributed by atoms with van der Waals surface area (Å²) in [4.78, 5) is 20.1. The van der Waals surface area contributed by atoms with Crippen LogP contribution in [0.25, 0.3) is 0 Å². The molecule has 7 heterocycles. The number of nitrogens with zero attached hydrogens (tertiary/aromatic N) is 7. The minimum Gasteiger partial charge on any atom is -0.394 e. The zero-order valence-electron chi connectivity index (χ0n) is 29.6. The lowest BCUT2D eigenvalue weighted by molar-refractivity contribution is -0.0437. The summed E-state index contributed by atoms with van der Waals surface area (Å²) in [5, 5.41) is 34.9. The van der Waals surface area contributed by atoms with Crippen LogP contribution in [0, 0.1) is 0 Å². The Morgan fingerprint density at radius 3 is 1.67 bits per heavy atom. The van der Waals surface area contributed by atoms with E-state index in [-0.39, 0.29) is 30.9 Å². The summed E-state index contributed by atoms with van der Waals surface area (Å²) < 4.78 is 14.9. The Kier molecular flexibility index (Phi) is 14.0. The quantitative estimate of drug-likeness (QED) is 0.0978. The molecule has 9 N–H and O–H groups in total. The Balaban J connectivity index is 0.000000171. The van der Waals surface area contributed by atoms with Crippen molar-refractivity contribution in [3.8, 4) is 0 Å². The highest BCUT2D eigenvalue weighted by Crippen LogP contribution is 2.40. The lowest BCUT2D eigenvalue weighted by atomic mass is 10.1. The molecular formula is C31H50Cl3N11O5Si. The number of hydrogen-bond donors (Lipinski definition) is 7. The van der Waals surface area contributed by atoms with Gasteiger partial charge in [-0.05, 0) is 11.5 Å². The van der Waals surface area contributed by atoms with Crippen LogP contribution in [0.3, 0.4) is 0 Å². The fraction of sp³-hybridized carbons (Fsp3) is 0.645. The number of guanidine groups is 2. The van der Waals surface area contributed by atoms with E-state index in [9.17, 15) is 10.2 Å². The number of alkyl halides is 2. The van der Waals surface area contributed by atoms with Gasteiger partial charge in [0, 0.05) is 31.7 Å². The minimum absolute atomic E-state index is 0.149. The number of aliphatic hydroxyl groups excluding tert-OH is 3. The van der Waals surface area contributed by atoms with Crippen molar-refractivity contribution in [2.45, 2.75) is 119 Å². The third-order valence-corrected chi connectivity index (χ3v) is 14.9. The summed E-state index contributed by atoms with van der Waals surface area (Å²) >= 11 is 18.3. The molecule has 51 heavy (non-hydrogen) atoms. The number of rotatable bonds is 4. The first-order valence-corrected chi connectivity index (χ1v) is 21.6. The number of halogens is 3. The van der Waals surface area contributed by atoms with E-state index in [0.717, 1.165) is 12.8 Å². The first-order valence-electron chi connectivity index (χ1n) is 16.7. The molecule has 2 fully saturated rings. The van der Waals surface area contributed by atoms with Crippen molar-refractivity contribution < 1.29 is 24.8 Å². The molecular weight excluding hydrogens is 741 g/mol. The number of allylic oxidation sites excluding steroid dienone is 1. The molecule has 7 rings (SSSR count). The Morgan fingerprint density at radius 2 is 1.35 bits per heavy atom. The number of fused-ring (bicyclic) bond motifs is 2. The zero-order valence-corrected chi connectivity index (χ0v) is 32.9. The molecule has 16 nitrogen and oxygen atoms in total. The molecule has 8 unspecified atom stereocenters. The van der Waals surface area contributed by atoms with E-state index in [2.05, 4.69) is 69.4 Å². The summed E-state index contributed by atoms with van der Waals surface area (Å²) in [6.45, 7) is 12.7. The van der Waals surface area contributed by atoms with E-state index in [4.69, 9.17) is 60.3 Å². The molecule has 20 heteroatoms. The summed E-state index contributed by atoms with van der Waals surface area (Å²) in [5.41, 5.74) is 11.2. The van der Waals surface area contributed by atoms with Crippen LogP contribution in [-0.2, 0) is 9.47 Å². The van der Waals surface area contributed by atoms with Gasteiger partial charge in [-0.3, -0.25) is 14.1 Å². The molecule has 284 valence electrons. The number of aromatic nitrogens is 4. The number of hydrogen-bond acceptors (Lipinski definition) is 14. The van der Waals surface area contributed by atoms with Gasteiger partial charge in [-0.1, -0.05) is 70.1 Å². The molecule has 0 bridgehead atoms. The van der Waals surface area contributed by atoms with Crippen molar-refractivity contribution in [1.29, 1.82) is 0 Å². The summed E-state index contributed by atoms with van der Waals surface area (Å²) in [6.07, 6.45) is 8.95. The molecule has 0 aliphatic carbocycles. The van der Waals surface area contributed by atoms with Crippen molar-refractivity contribution in [3.63, 3.8) is 0 Å². The van der Waals surface area contributed by atoms with E-state index < -0.39 is 42.9 Å². The van der Waals surface area contributed by atoms with Gasteiger partial charge in [0.1, 0.15) is 41.6 Å². The molecule has 0 spiro atoms. The van der Waals surface area contributed by atoms with Crippen LogP contribution < -0.4 is 22.1 Å². The number of aliphatic imine (C=N–C) groups is 3. The first kappa shape index (κ1) is 41.0. The molecule has 5 aliphatic rings. The summed E-state index contributed by atoms with van der Waals surface area (Å²) in [6, 6.07) is 0. The van der Waals surface area contributed by atoms with Crippen LogP contribution in [0.15, 0.2) is 39.9 Å². The fourth-order valence-corrected chi connectivity index (χ4v) is 5.61. The van der Waals surface area contributed by atoms with Gasteiger partial charge in [0.15, 0.2) is 30.3 Å². The van der Waals surface area contributed by atoms with Gasteiger partial charge in [0.25, 0.3) is 0 Å². The van der Waals surface area contributed by atoms with E-state index in [1.54, 1.807) is 23.4 Å². The largest absolute Gasteiger partial charge is 0.394 e. The molecule has 0 radical (unpaired) electrons. The Hall–Kier alpha value is -2.74. The van der Waals surface area contributed by atoms with Gasteiger partial charge in [0.05, 0.1) is 37.6 Å². The van der Waals surface area contributed by atoms with E-state index in [0.29, 0.717) is 40.9 Å². The molecule has 5 aliphatic heterocycles. The Morgan fingerprint density at radius 1 is 0.902 bits per heavy atom. The molecule has 2 aromatic rings. The highest BCUT2D eigenvalue weighted by Gasteiger charge is 2.38. The highest BCUT2D eigenvalue weighted by atomic mass is 35.6. The maximum Gasteiger partial charge on any atom is 0.196 e. The maximum absolute atomic E-state index is 9.91. The number of ether oxygens (including phenoxy) is 2. The van der Waals surface area contributed by atoms with Crippen LogP contribution in [0.4, 0.5) is 11.6 Å². The van der Waals surface area contributed by atoms with Crippen molar-refractivity contribution in [2.24, 2.45) is 26.4 Å². The van der Waals surface area contributed by atoms with E-state index >= 15 is 0 Å². The number of anilines is 2. The average Bonchev–Trinajstić information content (AvgIpc) is 3.88. The van der Waals surface area contributed by atoms with Crippen LogP contribution in [0.5, 0.6) is 0 Å². The molecule has 2 aromatic heterocycles. The van der Waals surface area contributed by atoms with Crippen LogP contribution in [-0.4, -0.2) is 91.0 Å². The first-order chi connectivity index (χ1) is 23.9. The normalized spacial score (nSPS) is 29.1. The molecule has 0 saturated carbocycles. The van der Waals surface area contributed by atoms with Crippen LogP contribution >= 0.6 is 34.3 Å². The van der Waals surface area contributed by atoms with Gasteiger partial charge in [-0.2, -0.15) is 11.1 Å². The van der Waals surface area contributed by atoms with Crippen molar-refractivity contribution in [2.75, 3.05) is 17.2 Å². The lowest BCUT2D eigenvalue weighted by Crippen LogP contribution is -2.29. The monoisotopic (exact) mass is 789 g/mol. The topological polar surface area (TPSA) is 228 Å². The predicted molar refractivity (Wildman–Crippen MR) is 204 cm³/mol. The van der Waals surface area contributed by atoms with Gasteiger partial charge in [-0.25, -0.2) is 20.0 Å².